The second-order valence-corrected chi connectivity index (χ2v) is 4.50. The lowest BCUT2D eigenvalue weighted by atomic mass is 10.2. The summed E-state index contributed by atoms with van der Waals surface area (Å²) in [6, 6.07) is 5.86. The fraction of sp³-hybridized carbons (Fsp3) is 0.300. The molecule has 0 fully saturated rings. The highest BCUT2D eigenvalue weighted by Gasteiger charge is 2.06. The van der Waals surface area contributed by atoms with Crippen LogP contribution in [0.15, 0.2) is 18.2 Å². The first kappa shape index (κ1) is 8.51. The summed E-state index contributed by atoms with van der Waals surface area (Å²) in [7, 11) is 0. The second kappa shape index (κ2) is 3.00. The van der Waals surface area contributed by atoms with Crippen molar-refractivity contribution in [1.29, 1.82) is 0 Å². The zero-order valence-corrected chi connectivity index (χ0v) is 8.56. The molecule has 0 atom stereocenters. The Morgan fingerprint density at radius 1 is 1.38 bits per heavy atom. The van der Waals surface area contributed by atoms with Crippen molar-refractivity contribution in [3.8, 4) is 0 Å². The van der Waals surface area contributed by atoms with Gasteiger partial charge in [0.2, 0.25) is 0 Å². The van der Waals surface area contributed by atoms with Crippen molar-refractivity contribution in [1.82, 2.24) is 4.98 Å². The monoisotopic (exact) mass is 192 g/mol. The van der Waals surface area contributed by atoms with Crippen LogP contribution in [0.3, 0.4) is 0 Å². The van der Waals surface area contributed by atoms with Gasteiger partial charge in [-0.15, -0.1) is 11.3 Å². The number of benzene rings is 1. The molecule has 0 aliphatic rings. The maximum Gasteiger partial charge on any atom is 0.0963 e. The molecule has 2 N–H and O–H groups in total. The van der Waals surface area contributed by atoms with Crippen LogP contribution in [0.25, 0.3) is 10.2 Å². The van der Waals surface area contributed by atoms with E-state index in [1.54, 1.807) is 11.3 Å². The average Bonchev–Trinajstić information content (AvgIpc) is 2.46. The Morgan fingerprint density at radius 3 is 2.85 bits per heavy atom. The van der Waals surface area contributed by atoms with Crippen LogP contribution < -0.4 is 5.73 Å². The molecule has 2 aromatic rings. The largest absolute Gasteiger partial charge is 0.399 e. The Hall–Kier alpha value is -1.09. The van der Waals surface area contributed by atoms with E-state index in [1.807, 2.05) is 18.2 Å². The first-order valence-corrected chi connectivity index (χ1v) is 5.14. The molecule has 0 bridgehead atoms. The molecule has 1 aromatic carbocycles. The van der Waals surface area contributed by atoms with E-state index in [0.717, 1.165) is 11.2 Å². The van der Waals surface area contributed by atoms with Crippen LogP contribution in [0.1, 0.15) is 24.8 Å². The van der Waals surface area contributed by atoms with Gasteiger partial charge in [-0.1, -0.05) is 13.8 Å². The van der Waals surface area contributed by atoms with Gasteiger partial charge in [-0.2, -0.15) is 0 Å². The topological polar surface area (TPSA) is 38.9 Å². The smallest absolute Gasteiger partial charge is 0.0963 e. The van der Waals surface area contributed by atoms with Gasteiger partial charge >= 0.3 is 0 Å². The molecular weight excluding hydrogens is 180 g/mol. The Labute approximate surface area is 81.4 Å². The van der Waals surface area contributed by atoms with Crippen LogP contribution >= 0.6 is 11.3 Å². The van der Waals surface area contributed by atoms with E-state index in [4.69, 9.17) is 5.73 Å². The lowest BCUT2D eigenvalue weighted by molar-refractivity contribution is 0.857. The number of nitrogens with zero attached hydrogens (tertiary/aromatic N) is 1. The lowest BCUT2D eigenvalue weighted by Crippen LogP contribution is -1.83. The SMILES string of the molecule is CC(C)c1nc2ccc(N)cc2s1. The van der Waals surface area contributed by atoms with Gasteiger partial charge in [0.05, 0.1) is 15.2 Å². The maximum absolute atomic E-state index is 5.69. The number of anilines is 1. The number of hydrogen-bond acceptors (Lipinski definition) is 3. The molecule has 0 spiro atoms. The van der Waals surface area contributed by atoms with Crippen molar-refractivity contribution in [2.45, 2.75) is 19.8 Å². The van der Waals surface area contributed by atoms with Crippen molar-refractivity contribution >= 4 is 27.2 Å². The molecular formula is C10H12N2S. The first-order valence-electron chi connectivity index (χ1n) is 4.33. The zero-order chi connectivity index (χ0) is 9.42. The van der Waals surface area contributed by atoms with E-state index >= 15 is 0 Å². The molecule has 1 aromatic heterocycles. The Kier molecular flexibility index (Phi) is 1.96. The maximum atomic E-state index is 5.69. The van der Waals surface area contributed by atoms with Gasteiger partial charge in [-0.05, 0) is 18.2 Å². The standard InChI is InChI=1S/C10H12N2S/c1-6(2)10-12-8-4-3-7(11)5-9(8)13-10/h3-6H,11H2,1-2H3. The highest BCUT2D eigenvalue weighted by Crippen LogP contribution is 2.28. The molecule has 3 heteroatoms. The Balaban J connectivity index is 2.62. The number of aromatic nitrogens is 1. The highest BCUT2D eigenvalue weighted by molar-refractivity contribution is 7.18. The average molecular weight is 192 g/mol. The van der Waals surface area contributed by atoms with Crippen LogP contribution in [-0.4, -0.2) is 4.98 Å². The third kappa shape index (κ3) is 1.52. The molecule has 13 heavy (non-hydrogen) atoms. The van der Waals surface area contributed by atoms with Crippen LogP contribution in [0.5, 0.6) is 0 Å². The molecule has 0 radical (unpaired) electrons. The van der Waals surface area contributed by atoms with Gasteiger partial charge in [0.15, 0.2) is 0 Å². The van der Waals surface area contributed by atoms with Gasteiger partial charge in [0.1, 0.15) is 0 Å². The summed E-state index contributed by atoms with van der Waals surface area (Å²) in [5.74, 6) is 0.499. The minimum atomic E-state index is 0.499. The number of hydrogen-bond donors (Lipinski definition) is 1. The van der Waals surface area contributed by atoms with Crippen molar-refractivity contribution in [2.75, 3.05) is 5.73 Å². The van der Waals surface area contributed by atoms with Gasteiger partial charge in [-0.3, -0.25) is 0 Å². The number of nitrogens with two attached hydrogens (primary N) is 1. The summed E-state index contributed by atoms with van der Waals surface area (Å²) in [4.78, 5) is 4.52. The molecule has 2 rings (SSSR count). The minimum absolute atomic E-state index is 0.499. The van der Waals surface area contributed by atoms with Crippen molar-refractivity contribution in [3.05, 3.63) is 23.2 Å². The van der Waals surface area contributed by atoms with Crippen LogP contribution in [-0.2, 0) is 0 Å². The number of nitrogen functional groups attached to an aromatic ring is 1. The van der Waals surface area contributed by atoms with Crippen molar-refractivity contribution < 1.29 is 0 Å². The first-order chi connectivity index (χ1) is 6.16. The summed E-state index contributed by atoms with van der Waals surface area (Å²) < 4.78 is 1.18. The molecule has 0 saturated heterocycles. The van der Waals surface area contributed by atoms with Crippen LogP contribution in [0.4, 0.5) is 5.69 Å². The van der Waals surface area contributed by atoms with Gasteiger partial charge in [-0.25, -0.2) is 4.98 Å². The summed E-state index contributed by atoms with van der Waals surface area (Å²) >= 11 is 1.73. The van der Waals surface area contributed by atoms with Crippen molar-refractivity contribution in [2.24, 2.45) is 0 Å². The van der Waals surface area contributed by atoms with E-state index < -0.39 is 0 Å². The fourth-order valence-electron chi connectivity index (χ4n) is 1.21. The molecule has 0 aliphatic carbocycles. The third-order valence-corrected chi connectivity index (χ3v) is 3.24. The van der Waals surface area contributed by atoms with Crippen LogP contribution in [0.2, 0.25) is 0 Å². The van der Waals surface area contributed by atoms with Gasteiger partial charge in [0, 0.05) is 11.6 Å². The quantitative estimate of drug-likeness (QED) is 0.705. The Bertz CT molecular complexity index is 431. The molecule has 2 nitrogen and oxygen atoms in total. The summed E-state index contributed by atoms with van der Waals surface area (Å²) in [6.07, 6.45) is 0. The molecule has 68 valence electrons. The molecule has 0 aliphatic heterocycles. The number of fused-ring (bicyclic) bond motifs is 1. The molecule has 1 heterocycles. The predicted octanol–water partition coefficient (Wildman–Crippen LogP) is 3.00. The van der Waals surface area contributed by atoms with Crippen molar-refractivity contribution in [3.63, 3.8) is 0 Å². The number of rotatable bonds is 1. The number of thiazole rings is 1. The highest BCUT2D eigenvalue weighted by atomic mass is 32.1. The summed E-state index contributed by atoms with van der Waals surface area (Å²) in [5.41, 5.74) is 7.56. The van der Waals surface area contributed by atoms with E-state index in [0.29, 0.717) is 5.92 Å². The molecule has 0 amide bonds. The summed E-state index contributed by atoms with van der Waals surface area (Å²) in [6.45, 7) is 4.31. The third-order valence-electron chi connectivity index (χ3n) is 1.92. The van der Waals surface area contributed by atoms with E-state index in [-0.39, 0.29) is 0 Å². The second-order valence-electron chi connectivity index (χ2n) is 3.43. The normalized spacial score (nSPS) is 11.3. The molecule has 0 unspecified atom stereocenters. The van der Waals surface area contributed by atoms with Gasteiger partial charge in [0.25, 0.3) is 0 Å². The van der Waals surface area contributed by atoms with Gasteiger partial charge < -0.3 is 5.73 Å². The predicted molar refractivity (Wildman–Crippen MR) is 58.1 cm³/mol. The molecule has 0 saturated carbocycles. The lowest BCUT2D eigenvalue weighted by Gasteiger charge is -1.94. The van der Waals surface area contributed by atoms with E-state index in [2.05, 4.69) is 18.8 Å². The van der Waals surface area contributed by atoms with E-state index in [1.165, 1.54) is 9.71 Å². The Morgan fingerprint density at radius 2 is 2.15 bits per heavy atom. The minimum Gasteiger partial charge on any atom is -0.399 e. The summed E-state index contributed by atoms with van der Waals surface area (Å²) in [5, 5.41) is 1.18. The van der Waals surface area contributed by atoms with E-state index in [9.17, 15) is 0 Å². The fourth-order valence-corrected chi connectivity index (χ4v) is 2.22. The zero-order valence-electron chi connectivity index (χ0n) is 7.74. The van der Waals surface area contributed by atoms with Crippen LogP contribution in [0, 0.1) is 0 Å².